The second-order valence-electron chi connectivity index (χ2n) is 4.87. The molecular weight excluding hydrogens is 340 g/mol. The van der Waals surface area contributed by atoms with Gasteiger partial charge in [-0.1, -0.05) is 0 Å². The molecule has 0 aliphatic carbocycles. The molecule has 0 unspecified atom stereocenters. The number of aromatic nitrogens is 1. The van der Waals surface area contributed by atoms with Crippen molar-refractivity contribution in [1.82, 2.24) is 10.3 Å². The molecule has 2 rings (SSSR count). The Morgan fingerprint density at radius 3 is 2.95 bits per heavy atom. The van der Waals surface area contributed by atoms with Gasteiger partial charge in [0.05, 0.1) is 15.5 Å². The minimum absolute atomic E-state index is 0.0244. The second-order valence-corrected chi connectivity index (χ2v) is 5.73. The number of anilines is 1. The average molecular weight is 359 g/mol. The van der Waals surface area contributed by atoms with Crippen molar-refractivity contribution in [2.24, 2.45) is 0 Å². The van der Waals surface area contributed by atoms with Gasteiger partial charge in [0, 0.05) is 19.3 Å². The van der Waals surface area contributed by atoms with Gasteiger partial charge in [0.15, 0.2) is 0 Å². The monoisotopic (exact) mass is 358 g/mol. The molecule has 1 aromatic heterocycles. The third-order valence-electron chi connectivity index (χ3n) is 3.34. The lowest BCUT2D eigenvalue weighted by molar-refractivity contribution is -0.384. The quantitative estimate of drug-likeness (QED) is 0.441. The van der Waals surface area contributed by atoms with Gasteiger partial charge in [-0.05, 0) is 48.3 Å². The summed E-state index contributed by atoms with van der Waals surface area (Å²) in [6, 6.07) is 0. The third kappa shape index (κ3) is 4.90. The molecule has 116 valence electrons. The molecule has 0 aromatic carbocycles. The Balaban J connectivity index is 1.74. The van der Waals surface area contributed by atoms with Crippen molar-refractivity contribution in [2.45, 2.75) is 25.4 Å². The van der Waals surface area contributed by atoms with Crippen LogP contribution in [0.15, 0.2) is 16.9 Å². The number of halogens is 1. The van der Waals surface area contributed by atoms with Crippen LogP contribution in [0.5, 0.6) is 0 Å². The summed E-state index contributed by atoms with van der Waals surface area (Å²) in [6.45, 7) is 3.31. The molecule has 1 aliphatic heterocycles. The fraction of sp³-hybridized carbons (Fsp3) is 0.615. The van der Waals surface area contributed by atoms with Gasteiger partial charge in [0.2, 0.25) is 0 Å². The summed E-state index contributed by atoms with van der Waals surface area (Å²) in [4.78, 5) is 14.3. The smallest absolute Gasteiger partial charge is 0.311 e. The van der Waals surface area contributed by atoms with Crippen molar-refractivity contribution in [3.63, 3.8) is 0 Å². The van der Waals surface area contributed by atoms with Crippen molar-refractivity contribution in [2.75, 3.05) is 31.6 Å². The molecule has 0 radical (unpaired) electrons. The zero-order valence-corrected chi connectivity index (χ0v) is 13.3. The number of ether oxygens (including phenoxy) is 1. The number of nitrogens with one attached hydrogen (secondary N) is 2. The molecular formula is C13H19BrN4O3. The SMILES string of the molecule is O=[N+]([O-])c1cncc(Br)c1NCCCOC1CCNCC1. The molecule has 0 atom stereocenters. The third-order valence-corrected chi connectivity index (χ3v) is 3.94. The highest BCUT2D eigenvalue weighted by Gasteiger charge is 2.17. The van der Waals surface area contributed by atoms with E-state index < -0.39 is 4.92 Å². The van der Waals surface area contributed by atoms with Crippen LogP contribution in [0.4, 0.5) is 11.4 Å². The van der Waals surface area contributed by atoms with Crippen molar-refractivity contribution >= 4 is 27.3 Å². The Bertz CT molecular complexity index is 480. The van der Waals surface area contributed by atoms with E-state index in [2.05, 4.69) is 31.5 Å². The lowest BCUT2D eigenvalue weighted by atomic mass is 10.1. The molecule has 0 spiro atoms. The normalized spacial score (nSPS) is 15.9. The first-order chi connectivity index (χ1) is 10.2. The molecule has 1 aromatic rings. The summed E-state index contributed by atoms with van der Waals surface area (Å²) in [5.41, 5.74) is 0.445. The standard InChI is InChI=1S/C13H19BrN4O3/c14-11-8-16-9-12(18(19)20)13(11)17-4-1-7-21-10-2-5-15-6-3-10/h8-10,15H,1-7H2,(H,16,17). The summed E-state index contributed by atoms with van der Waals surface area (Å²) in [5, 5.41) is 17.3. The van der Waals surface area contributed by atoms with E-state index in [1.807, 2.05) is 0 Å². The maximum atomic E-state index is 10.9. The van der Waals surface area contributed by atoms with Crippen LogP contribution in [-0.2, 0) is 4.74 Å². The van der Waals surface area contributed by atoms with Crippen LogP contribution in [0.2, 0.25) is 0 Å². The number of nitrogens with zero attached hydrogens (tertiary/aromatic N) is 2. The first kappa shape index (κ1) is 16.1. The van der Waals surface area contributed by atoms with E-state index in [1.54, 1.807) is 6.20 Å². The number of hydrogen-bond acceptors (Lipinski definition) is 6. The van der Waals surface area contributed by atoms with Crippen LogP contribution in [0, 0.1) is 10.1 Å². The van der Waals surface area contributed by atoms with Crippen LogP contribution >= 0.6 is 15.9 Å². The van der Waals surface area contributed by atoms with Gasteiger partial charge < -0.3 is 15.4 Å². The van der Waals surface area contributed by atoms with Crippen molar-refractivity contribution in [3.8, 4) is 0 Å². The van der Waals surface area contributed by atoms with Crippen LogP contribution in [0.25, 0.3) is 0 Å². The maximum Gasteiger partial charge on any atom is 0.311 e. The fourth-order valence-corrected chi connectivity index (χ4v) is 2.70. The van der Waals surface area contributed by atoms with Gasteiger partial charge in [-0.15, -0.1) is 0 Å². The highest BCUT2D eigenvalue weighted by molar-refractivity contribution is 9.10. The lowest BCUT2D eigenvalue weighted by Crippen LogP contribution is -2.32. The Morgan fingerprint density at radius 1 is 1.48 bits per heavy atom. The van der Waals surface area contributed by atoms with Crippen LogP contribution in [0.3, 0.4) is 0 Å². The Labute approximate surface area is 131 Å². The van der Waals surface area contributed by atoms with Crippen molar-refractivity contribution in [3.05, 3.63) is 27.0 Å². The summed E-state index contributed by atoms with van der Waals surface area (Å²) in [6.07, 6.45) is 6.03. The molecule has 0 bridgehead atoms. The lowest BCUT2D eigenvalue weighted by Gasteiger charge is -2.22. The van der Waals surface area contributed by atoms with E-state index >= 15 is 0 Å². The maximum absolute atomic E-state index is 10.9. The molecule has 2 N–H and O–H groups in total. The van der Waals surface area contributed by atoms with Gasteiger partial charge >= 0.3 is 5.69 Å². The highest BCUT2D eigenvalue weighted by Crippen LogP contribution is 2.30. The topological polar surface area (TPSA) is 89.3 Å². The van der Waals surface area contributed by atoms with E-state index in [0.29, 0.717) is 29.4 Å². The molecule has 1 aliphatic rings. The van der Waals surface area contributed by atoms with E-state index in [9.17, 15) is 10.1 Å². The van der Waals surface area contributed by atoms with E-state index in [0.717, 1.165) is 32.4 Å². The molecule has 2 heterocycles. The summed E-state index contributed by atoms with van der Waals surface area (Å²) < 4.78 is 6.38. The molecule has 1 saturated heterocycles. The summed E-state index contributed by atoms with van der Waals surface area (Å²) in [7, 11) is 0. The Kier molecular flexibility index (Phi) is 6.34. The average Bonchev–Trinajstić information content (AvgIpc) is 2.49. The van der Waals surface area contributed by atoms with E-state index in [1.165, 1.54) is 6.20 Å². The fourth-order valence-electron chi connectivity index (χ4n) is 2.24. The summed E-state index contributed by atoms with van der Waals surface area (Å²) >= 11 is 3.28. The number of nitro groups is 1. The van der Waals surface area contributed by atoms with Crippen LogP contribution in [-0.4, -0.2) is 42.3 Å². The first-order valence-electron chi connectivity index (χ1n) is 7.02. The molecule has 0 amide bonds. The largest absolute Gasteiger partial charge is 0.378 e. The number of rotatable bonds is 7. The molecule has 1 fully saturated rings. The molecule has 7 nitrogen and oxygen atoms in total. The molecule has 21 heavy (non-hydrogen) atoms. The predicted molar refractivity (Wildman–Crippen MR) is 83.5 cm³/mol. The second kappa shape index (κ2) is 8.26. The predicted octanol–water partition coefficient (Wildman–Crippen LogP) is 2.32. The van der Waals surface area contributed by atoms with Gasteiger partial charge in [-0.3, -0.25) is 15.1 Å². The Hall–Kier alpha value is -1.25. The zero-order valence-electron chi connectivity index (χ0n) is 11.7. The van der Waals surface area contributed by atoms with Crippen LogP contribution in [0.1, 0.15) is 19.3 Å². The van der Waals surface area contributed by atoms with Gasteiger partial charge in [0.25, 0.3) is 0 Å². The number of pyridine rings is 1. The number of hydrogen-bond donors (Lipinski definition) is 2. The van der Waals surface area contributed by atoms with E-state index in [4.69, 9.17) is 4.74 Å². The van der Waals surface area contributed by atoms with Gasteiger partial charge in [-0.2, -0.15) is 0 Å². The highest BCUT2D eigenvalue weighted by atomic mass is 79.9. The van der Waals surface area contributed by atoms with Gasteiger partial charge in [0.1, 0.15) is 11.9 Å². The zero-order chi connectivity index (χ0) is 15.1. The van der Waals surface area contributed by atoms with Crippen molar-refractivity contribution < 1.29 is 9.66 Å². The van der Waals surface area contributed by atoms with Crippen molar-refractivity contribution in [1.29, 1.82) is 0 Å². The Morgan fingerprint density at radius 2 is 2.24 bits per heavy atom. The number of piperidine rings is 1. The molecule has 0 saturated carbocycles. The van der Waals surface area contributed by atoms with Gasteiger partial charge in [-0.25, -0.2) is 0 Å². The minimum Gasteiger partial charge on any atom is -0.378 e. The first-order valence-corrected chi connectivity index (χ1v) is 7.82. The summed E-state index contributed by atoms with van der Waals surface area (Å²) in [5.74, 6) is 0. The van der Waals surface area contributed by atoms with E-state index in [-0.39, 0.29) is 5.69 Å². The molecule has 8 heteroatoms. The minimum atomic E-state index is -0.439. The van der Waals surface area contributed by atoms with Crippen LogP contribution < -0.4 is 10.6 Å².